The highest BCUT2D eigenvalue weighted by Gasteiger charge is 2.07. The van der Waals surface area contributed by atoms with Crippen molar-refractivity contribution in [1.29, 1.82) is 0 Å². The molecule has 0 unspecified atom stereocenters. The molecule has 0 atom stereocenters. The van der Waals surface area contributed by atoms with E-state index in [0.29, 0.717) is 5.69 Å². The SMILES string of the molecule is COC(=O)COc1c(C)[nH]ccc1=O.[Cl-]. The summed E-state index contributed by atoms with van der Waals surface area (Å²) in [4.78, 5) is 24.8. The Morgan fingerprint density at radius 1 is 1.53 bits per heavy atom. The lowest BCUT2D eigenvalue weighted by Gasteiger charge is -2.05. The Hall–Kier alpha value is -1.49. The maximum absolute atomic E-state index is 11.2. The minimum Gasteiger partial charge on any atom is -1.00 e. The molecule has 1 rings (SSSR count). The summed E-state index contributed by atoms with van der Waals surface area (Å²) in [6, 6.07) is 1.33. The molecule has 0 bridgehead atoms. The topological polar surface area (TPSA) is 68.4 Å². The van der Waals surface area contributed by atoms with Gasteiger partial charge < -0.3 is 26.9 Å². The predicted molar refractivity (Wildman–Crippen MR) is 49.3 cm³/mol. The zero-order valence-electron chi connectivity index (χ0n) is 8.37. The molecule has 0 radical (unpaired) electrons. The number of pyridine rings is 1. The number of hydrogen-bond donors (Lipinski definition) is 1. The second kappa shape index (κ2) is 6.08. The van der Waals surface area contributed by atoms with Gasteiger partial charge in [-0.2, -0.15) is 0 Å². The molecule has 1 heterocycles. The number of rotatable bonds is 3. The minimum atomic E-state index is -0.521. The summed E-state index contributed by atoms with van der Waals surface area (Å²) in [6.07, 6.45) is 1.52. The van der Waals surface area contributed by atoms with E-state index >= 15 is 0 Å². The zero-order valence-corrected chi connectivity index (χ0v) is 9.13. The van der Waals surface area contributed by atoms with Crippen molar-refractivity contribution < 1.29 is 26.7 Å². The minimum absolute atomic E-state index is 0. The van der Waals surface area contributed by atoms with Crippen LogP contribution in [0.1, 0.15) is 5.69 Å². The number of aromatic amines is 1. The zero-order chi connectivity index (χ0) is 10.6. The first-order chi connectivity index (χ1) is 6.65. The molecule has 0 spiro atoms. The lowest BCUT2D eigenvalue weighted by Crippen LogP contribution is -3.00. The predicted octanol–water partition coefficient (Wildman–Crippen LogP) is -2.76. The molecule has 84 valence electrons. The summed E-state index contributed by atoms with van der Waals surface area (Å²) in [6.45, 7) is 1.43. The first kappa shape index (κ1) is 13.5. The van der Waals surface area contributed by atoms with E-state index in [0.717, 1.165) is 0 Å². The summed E-state index contributed by atoms with van der Waals surface area (Å²) in [5.74, 6) is -0.370. The van der Waals surface area contributed by atoms with Crippen molar-refractivity contribution >= 4 is 5.97 Å². The van der Waals surface area contributed by atoms with E-state index < -0.39 is 5.97 Å². The molecule has 0 aliphatic heterocycles. The summed E-state index contributed by atoms with van der Waals surface area (Å²) >= 11 is 0. The standard InChI is InChI=1S/C9H11NO4.ClH/c1-6-9(7(11)3-4-10-6)14-5-8(12)13-2;/h3-4H,5H2,1-2H3,(H,10,11);1H/p-1. The molecule has 0 saturated carbocycles. The van der Waals surface area contributed by atoms with Gasteiger partial charge in [0.15, 0.2) is 12.4 Å². The summed E-state index contributed by atoms with van der Waals surface area (Å²) in [5, 5.41) is 0. The number of carbonyl (C=O) groups excluding carboxylic acids is 1. The highest BCUT2D eigenvalue weighted by atomic mass is 35.5. The second-order valence-electron chi connectivity index (χ2n) is 2.66. The van der Waals surface area contributed by atoms with Crippen LogP contribution in [0.4, 0.5) is 0 Å². The molecule has 0 aromatic carbocycles. The summed E-state index contributed by atoms with van der Waals surface area (Å²) in [5.41, 5.74) is 0.326. The smallest absolute Gasteiger partial charge is 0.343 e. The Balaban J connectivity index is 0.00000196. The van der Waals surface area contributed by atoms with Gasteiger partial charge in [-0.05, 0) is 6.92 Å². The molecule has 1 aromatic heterocycles. The van der Waals surface area contributed by atoms with Gasteiger partial charge in [0, 0.05) is 12.3 Å². The maximum atomic E-state index is 11.2. The van der Waals surface area contributed by atoms with Crippen LogP contribution in [0.15, 0.2) is 17.1 Å². The average Bonchev–Trinajstić information content (AvgIpc) is 2.16. The molecule has 0 saturated heterocycles. The Morgan fingerprint density at radius 2 is 2.20 bits per heavy atom. The number of ether oxygens (including phenoxy) is 2. The number of aryl methyl sites for hydroxylation is 1. The first-order valence-electron chi connectivity index (χ1n) is 4.03. The van der Waals surface area contributed by atoms with Crippen LogP contribution in [0.25, 0.3) is 0 Å². The molecule has 0 fully saturated rings. The number of halogens is 1. The quantitative estimate of drug-likeness (QED) is 0.574. The normalized spacial score (nSPS) is 8.93. The van der Waals surface area contributed by atoms with Crippen molar-refractivity contribution in [1.82, 2.24) is 4.98 Å². The van der Waals surface area contributed by atoms with E-state index in [9.17, 15) is 9.59 Å². The van der Waals surface area contributed by atoms with E-state index in [1.165, 1.54) is 19.4 Å². The largest absolute Gasteiger partial charge is 1.00 e. The Kier molecular flexibility index (Phi) is 5.48. The van der Waals surface area contributed by atoms with Crippen LogP contribution < -0.4 is 22.6 Å². The van der Waals surface area contributed by atoms with Crippen LogP contribution in [0, 0.1) is 6.92 Å². The van der Waals surface area contributed by atoms with Gasteiger partial charge >= 0.3 is 5.97 Å². The van der Waals surface area contributed by atoms with E-state index in [4.69, 9.17) is 4.74 Å². The number of methoxy groups -OCH3 is 1. The molecule has 15 heavy (non-hydrogen) atoms. The fourth-order valence-electron chi connectivity index (χ4n) is 0.938. The van der Waals surface area contributed by atoms with Crippen molar-refractivity contribution in [3.05, 3.63) is 28.2 Å². The van der Waals surface area contributed by atoms with Crippen molar-refractivity contribution in [3.63, 3.8) is 0 Å². The van der Waals surface area contributed by atoms with Gasteiger partial charge in [-0.1, -0.05) is 0 Å². The monoisotopic (exact) mass is 232 g/mol. The Labute approximate surface area is 92.8 Å². The van der Waals surface area contributed by atoms with Crippen LogP contribution in [0.3, 0.4) is 0 Å². The second-order valence-corrected chi connectivity index (χ2v) is 2.66. The molecule has 6 heteroatoms. The molecule has 0 amide bonds. The number of aromatic nitrogens is 1. The molecule has 1 aromatic rings. The number of esters is 1. The number of nitrogens with one attached hydrogen (secondary N) is 1. The molecule has 1 N–H and O–H groups in total. The summed E-state index contributed by atoms with van der Waals surface area (Å²) < 4.78 is 9.38. The highest BCUT2D eigenvalue weighted by molar-refractivity contribution is 5.70. The van der Waals surface area contributed by atoms with E-state index in [1.54, 1.807) is 6.92 Å². The van der Waals surface area contributed by atoms with Gasteiger partial charge in [-0.3, -0.25) is 4.79 Å². The molecular formula is C9H11ClNO4-. The van der Waals surface area contributed by atoms with Gasteiger partial charge in [0.2, 0.25) is 5.43 Å². The van der Waals surface area contributed by atoms with E-state index in [2.05, 4.69) is 9.72 Å². The fraction of sp³-hybridized carbons (Fsp3) is 0.333. The highest BCUT2D eigenvalue weighted by Crippen LogP contribution is 2.06. The van der Waals surface area contributed by atoms with Crippen LogP contribution in [-0.4, -0.2) is 24.7 Å². The third-order valence-corrected chi connectivity index (χ3v) is 1.66. The molecule has 5 nitrogen and oxygen atoms in total. The third kappa shape index (κ3) is 3.63. The summed E-state index contributed by atoms with van der Waals surface area (Å²) in [7, 11) is 1.26. The van der Waals surface area contributed by atoms with Crippen LogP contribution in [-0.2, 0) is 9.53 Å². The van der Waals surface area contributed by atoms with E-state index in [1.807, 2.05) is 0 Å². The van der Waals surface area contributed by atoms with Gasteiger partial charge in [0.1, 0.15) is 0 Å². The van der Waals surface area contributed by atoms with Crippen molar-refractivity contribution in [3.8, 4) is 5.75 Å². The van der Waals surface area contributed by atoms with Crippen molar-refractivity contribution in [2.24, 2.45) is 0 Å². The van der Waals surface area contributed by atoms with Gasteiger partial charge in [0.25, 0.3) is 0 Å². The average molecular weight is 233 g/mol. The molecule has 0 aliphatic carbocycles. The van der Waals surface area contributed by atoms with E-state index in [-0.39, 0.29) is 30.2 Å². The Bertz CT molecular complexity index is 388. The fourth-order valence-corrected chi connectivity index (χ4v) is 0.938. The van der Waals surface area contributed by atoms with Gasteiger partial charge in [0.05, 0.1) is 12.8 Å². The maximum Gasteiger partial charge on any atom is 0.343 e. The van der Waals surface area contributed by atoms with Gasteiger partial charge in [-0.25, -0.2) is 4.79 Å². The van der Waals surface area contributed by atoms with Crippen molar-refractivity contribution in [2.75, 3.05) is 13.7 Å². The Morgan fingerprint density at radius 3 is 2.73 bits per heavy atom. The number of carbonyl (C=O) groups is 1. The number of hydrogen-bond acceptors (Lipinski definition) is 4. The lowest BCUT2D eigenvalue weighted by molar-refractivity contribution is -0.142. The third-order valence-electron chi connectivity index (χ3n) is 1.66. The lowest BCUT2D eigenvalue weighted by atomic mass is 10.3. The molecular weight excluding hydrogens is 222 g/mol. The molecule has 0 aliphatic rings. The number of H-pyrrole nitrogens is 1. The van der Waals surface area contributed by atoms with Gasteiger partial charge in [-0.15, -0.1) is 0 Å². The van der Waals surface area contributed by atoms with Crippen molar-refractivity contribution in [2.45, 2.75) is 6.92 Å². The first-order valence-corrected chi connectivity index (χ1v) is 4.03. The van der Waals surface area contributed by atoms with Crippen LogP contribution in [0.5, 0.6) is 5.75 Å². The van der Waals surface area contributed by atoms with Crippen LogP contribution >= 0.6 is 0 Å². The van der Waals surface area contributed by atoms with Crippen LogP contribution in [0.2, 0.25) is 0 Å².